The predicted molar refractivity (Wildman–Crippen MR) is 65.1 cm³/mol. The van der Waals surface area contributed by atoms with E-state index >= 15 is 0 Å². The van der Waals surface area contributed by atoms with Gasteiger partial charge in [0.25, 0.3) is 0 Å². The molecular weight excluding hydrogens is 224 g/mol. The molecule has 1 aliphatic heterocycles. The lowest BCUT2D eigenvalue weighted by Gasteiger charge is -2.49. The number of rotatable bonds is 3. The van der Waals surface area contributed by atoms with Crippen LogP contribution in [-0.2, 0) is 9.84 Å². The summed E-state index contributed by atoms with van der Waals surface area (Å²) in [4.78, 5) is 2.26. The zero-order valence-corrected chi connectivity index (χ0v) is 10.8. The van der Waals surface area contributed by atoms with Crippen LogP contribution in [0.5, 0.6) is 0 Å². The van der Waals surface area contributed by atoms with Crippen molar-refractivity contribution in [1.82, 2.24) is 4.90 Å². The fourth-order valence-corrected chi connectivity index (χ4v) is 4.93. The van der Waals surface area contributed by atoms with Crippen LogP contribution >= 0.6 is 0 Å². The van der Waals surface area contributed by atoms with E-state index in [-0.39, 0.29) is 11.3 Å². The Morgan fingerprint density at radius 2 is 2.06 bits per heavy atom. The second-order valence-corrected chi connectivity index (χ2v) is 7.50. The monoisotopic (exact) mass is 246 g/mol. The molecule has 1 saturated heterocycles. The first kappa shape index (κ1) is 12.3. The molecule has 2 aliphatic rings. The molecule has 1 unspecified atom stereocenters. The Morgan fingerprint density at radius 3 is 2.50 bits per heavy atom. The minimum Gasteiger partial charge on any atom is -0.329 e. The second-order valence-electron chi connectivity index (χ2n) is 5.32. The predicted octanol–water partition coefficient (Wildman–Crippen LogP) is 0.377. The summed E-state index contributed by atoms with van der Waals surface area (Å²) in [6, 6.07) is 0.553. The van der Waals surface area contributed by atoms with E-state index in [1.54, 1.807) is 0 Å². The van der Waals surface area contributed by atoms with Crippen molar-refractivity contribution in [2.45, 2.75) is 43.7 Å². The van der Waals surface area contributed by atoms with Crippen LogP contribution in [0.3, 0.4) is 0 Å². The van der Waals surface area contributed by atoms with E-state index in [0.717, 1.165) is 12.8 Å². The minimum atomic E-state index is -2.89. The van der Waals surface area contributed by atoms with Crippen LogP contribution in [-0.4, -0.2) is 50.0 Å². The number of hydrogen-bond acceptors (Lipinski definition) is 4. The van der Waals surface area contributed by atoms with E-state index in [0.29, 0.717) is 18.3 Å². The largest absolute Gasteiger partial charge is 0.329 e. The summed E-state index contributed by atoms with van der Waals surface area (Å²) >= 11 is 0. The lowest BCUT2D eigenvalue weighted by atomic mass is 9.85. The standard InChI is InChI=1S/C11H22N2O2S/c1-13(10-4-2-5-10)11(8-12)6-3-7-16(14,15)9-11/h10H,2-9,12H2,1H3. The van der Waals surface area contributed by atoms with Gasteiger partial charge in [0.1, 0.15) is 0 Å². The van der Waals surface area contributed by atoms with E-state index in [1.165, 1.54) is 19.3 Å². The second kappa shape index (κ2) is 4.27. The SMILES string of the molecule is CN(C1CCC1)C1(CN)CCCS(=O)(=O)C1. The van der Waals surface area contributed by atoms with Crippen molar-refractivity contribution >= 4 is 9.84 Å². The average molecular weight is 246 g/mol. The zero-order valence-electron chi connectivity index (χ0n) is 9.98. The summed E-state index contributed by atoms with van der Waals surface area (Å²) in [6.07, 6.45) is 5.34. The Morgan fingerprint density at radius 1 is 1.38 bits per heavy atom. The molecular formula is C11H22N2O2S. The molecule has 5 heteroatoms. The molecule has 0 aromatic rings. The molecule has 16 heavy (non-hydrogen) atoms. The molecule has 2 rings (SSSR count). The first-order valence-electron chi connectivity index (χ1n) is 6.13. The van der Waals surface area contributed by atoms with Crippen molar-refractivity contribution in [2.24, 2.45) is 5.73 Å². The van der Waals surface area contributed by atoms with Crippen molar-refractivity contribution < 1.29 is 8.42 Å². The average Bonchev–Trinajstić information content (AvgIpc) is 2.13. The van der Waals surface area contributed by atoms with E-state index in [2.05, 4.69) is 11.9 Å². The molecule has 94 valence electrons. The molecule has 1 aliphatic carbocycles. The van der Waals surface area contributed by atoms with Gasteiger partial charge in [-0.3, -0.25) is 4.90 Å². The maximum atomic E-state index is 11.8. The summed E-state index contributed by atoms with van der Waals surface area (Å²) in [7, 11) is -0.834. The van der Waals surface area contributed by atoms with Crippen molar-refractivity contribution in [1.29, 1.82) is 0 Å². The smallest absolute Gasteiger partial charge is 0.152 e. The van der Waals surface area contributed by atoms with Crippen molar-refractivity contribution in [2.75, 3.05) is 25.1 Å². The van der Waals surface area contributed by atoms with Gasteiger partial charge >= 0.3 is 0 Å². The Bertz CT molecular complexity index is 351. The number of nitrogens with two attached hydrogens (primary N) is 1. The summed E-state index contributed by atoms with van der Waals surface area (Å²) in [6.45, 7) is 0.458. The Hall–Kier alpha value is -0.130. The molecule has 0 radical (unpaired) electrons. The van der Waals surface area contributed by atoms with Gasteiger partial charge in [0.05, 0.1) is 11.5 Å². The van der Waals surface area contributed by atoms with Gasteiger partial charge < -0.3 is 5.73 Å². The molecule has 0 bridgehead atoms. The third kappa shape index (κ3) is 2.13. The van der Waals surface area contributed by atoms with Gasteiger partial charge in [0, 0.05) is 18.1 Å². The molecule has 0 aromatic carbocycles. The van der Waals surface area contributed by atoms with Crippen LogP contribution < -0.4 is 5.73 Å². The van der Waals surface area contributed by atoms with Crippen LogP contribution in [0.25, 0.3) is 0 Å². The van der Waals surface area contributed by atoms with Crippen LogP contribution in [0, 0.1) is 0 Å². The highest BCUT2D eigenvalue weighted by molar-refractivity contribution is 7.91. The molecule has 1 heterocycles. The highest BCUT2D eigenvalue weighted by Crippen LogP contribution is 2.34. The van der Waals surface area contributed by atoms with Crippen LogP contribution in [0.1, 0.15) is 32.1 Å². The molecule has 0 spiro atoms. The molecule has 1 atom stereocenters. The minimum absolute atomic E-state index is 0.253. The fourth-order valence-electron chi connectivity index (χ4n) is 2.92. The number of sulfone groups is 1. The lowest BCUT2D eigenvalue weighted by molar-refractivity contribution is 0.0435. The van der Waals surface area contributed by atoms with Crippen molar-refractivity contribution in [3.05, 3.63) is 0 Å². The van der Waals surface area contributed by atoms with Gasteiger partial charge in [0.15, 0.2) is 9.84 Å². The Labute approximate surface area is 98.1 Å². The lowest BCUT2D eigenvalue weighted by Crippen LogP contribution is -2.62. The van der Waals surface area contributed by atoms with Gasteiger partial charge in [-0.15, -0.1) is 0 Å². The van der Waals surface area contributed by atoms with Crippen molar-refractivity contribution in [3.63, 3.8) is 0 Å². The third-order valence-electron chi connectivity index (χ3n) is 4.34. The summed E-state index contributed by atoms with van der Waals surface area (Å²) in [5.74, 6) is 0.594. The van der Waals surface area contributed by atoms with Crippen LogP contribution in [0.15, 0.2) is 0 Å². The zero-order chi connectivity index (χ0) is 11.8. The summed E-state index contributed by atoms with van der Waals surface area (Å²) < 4.78 is 23.6. The van der Waals surface area contributed by atoms with Gasteiger partial charge in [-0.1, -0.05) is 6.42 Å². The molecule has 2 N–H and O–H groups in total. The Balaban J connectivity index is 2.17. The summed E-state index contributed by atoms with van der Waals surface area (Å²) in [5.41, 5.74) is 5.58. The van der Waals surface area contributed by atoms with Gasteiger partial charge in [-0.25, -0.2) is 8.42 Å². The van der Waals surface area contributed by atoms with Gasteiger partial charge in [-0.2, -0.15) is 0 Å². The molecule has 0 aromatic heterocycles. The third-order valence-corrected chi connectivity index (χ3v) is 6.22. The summed E-state index contributed by atoms with van der Waals surface area (Å²) in [5, 5.41) is 0. The highest BCUT2D eigenvalue weighted by atomic mass is 32.2. The van der Waals surface area contributed by atoms with E-state index in [1.807, 2.05) is 0 Å². The highest BCUT2D eigenvalue weighted by Gasteiger charge is 2.44. The topological polar surface area (TPSA) is 63.4 Å². The first-order chi connectivity index (χ1) is 7.49. The maximum Gasteiger partial charge on any atom is 0.152 e. The van der Waals surface area contributed by atoms with E-state index < -0.39 is 9.84 Å². The van der Waals surface area contributed by atoms with Gasteiger partial charge in [0.2, 0.25) is 0 Å². The maximum absolute atomic E-state index is 11.8. The molecule has 2 fully saturated rings. The fraction of sp³-hybridized carbons (Fsp3) is 1.00. The van der Waals surface area contributed by atoms with E-state index in [9.17, 15) is 8.42 Å². The van der Waals surface area contributed by atoms with Crippen molar-refractivity contribution in [3.8, 4) is 0 Å². The normalized spacial score (nSPS) is 34.9. The van der Waals surface area contributed by atoms with Crippen LogP contribution in [0.4, 0.5) is 0 Å². The molecule has 0 amide bonds. The number of hydrogen-bond donors (Lipinski definition) is 1. The van der Waals surface area contributed by atoms with Gasteiger partial charge in [-0.05, 0) is 32.7 Å². The number of likely N-dealkylation sites (N-methyl/N-ethyl adjacent to an activating group) is 1. The number of nitrogens with zero attached hydrogens (tertiary/aromatic N) is 1. The molecule has 4 nitrogen and oxygen atoms in total. The quantitative estimate of drug-likeness (QED) is 0.782. The molecule has 1 saturated carbocycles. The Kier molecular flexibility index (Phi) is 3.29. The van der Waals surface area contributed by atoms with E-state index in [4.69, 9.17) is 5.73 Å². The van der Waals surface area contributed by atoms with Crippen LogP contribution in [0.2, 0.25) is 0 Å². The first-order valence-corrected chi connectivity index (χ1v) is 7.95.